The average molecular weight is 281 g/mol. The Kier molecular flexibility index (Phi) is 3.65. The number of rotatable bonds is 2. The van der Waals surface area contributed by atoms with Crippen molar-refractivity contribution >= 4 is 5.91 Å². The van der Waals surface area contributed by atoms with Crippen LogP contribution < -0.4 is 4.74 Å². The molecule has 3 heteroatoms. The summed E-state index contributed by atoms with van der Waals surface area (Å²) in [5.41, 5.74) is 3.28. The molecule has 1 heterocycles. The largest absolute Gasteiger partial charge is 0.497 e. The normalized spacial score (nSPS) is 17.2. The van der Waals surface area contributed by atoms with Crippen LogP contribution in [0.25, 0.3) is 0 Å². The molecule has 2 aromatic rings. The van der Waals surface area contributed by atoms with E-state index in [9.17, 15) is 4.79 Å². The van der Waals surface area contributed by atoms with Crippen LogP contribution in [0.2, 0.25) is 0 Å². The fraction of sp³-hybridized carbons (Fsp3) is 0.278. The maximum Gasteiger partial charge on any atom is 0.254 e. The van der Waals surface area contributed by atoms with E-state index in [0.717, 1.165) is 13.0 Å². The van der Waals surface area contributed by atoms with Gasteiger partial charge in [0.15, 0.2) is 0 Å². The summed E-state index contributed by atoms with van der Waals surface area (Å²) in [5.74, 6) is 0.779. The fourth-order valence-electron chi connectivity index (χ4n) is 2.97. The molecule has 0 fully saturated rings. The molecule has 0 N–H and O–H groups in total. The molecule has 0 saturated heterocycles. The van der Waals surface area contributed by atoms with Gasteiger partial charge in [-0.25, -0.2) is 0 Å². The predicted octanol–water partition coefficient (Wildman–Crippen LogP) is 3.45. The van der Waals surface area contributed by atoms with Crippen LogP contribution in [-0.4, -0.2) is 24.5 Å². The van der Waals surface area contributed by atoms with E-state index in [2.05, 4.69) is 25.1 Å². The van der Waals surface area contributed by atoms with Gasteiger partial charge in [-0.2, -0.15) is 0 Å². The van der Waals surface area contributed by atoms with Crippen molar-refractivity contribution in [2.45, 2.75) is 19.4 Å². The second-order valence-electron chi connectivity index (χ2n) is 5.36. The van der Waals surface area contributed by atoms with Crippen LogP contribution in [0.1, 0.15) is 34.5 Å². The molecule has 1 atom stereocenters. The molecule has 1 amide bonds. The summed E-state index contributed by atoms with van der Waals surface area (Å²) in [4.78, 5) is 14.7. The van der Waals surface area contributed by atoms with Gasteiger partial charge in [-0.1, -0.05) is 30.3 Å². The maximum atomic E-state index is 12.8. The molecule has 0 radical (unpaired) electrons. The number of nitrogens with zero attached hydrogens (tertiary/aromatic N) is 1. The number of benzene rings is 2. The molecule has 0 bridgehead atoms. The summed E-state index contributed by atoms with van der Waals surface area (Å²) in [6.45, 7) is 2.85. The summed E-state index contributed by atoms with van der Waals surface area (Å²) < 4.78 is 5.20. The van der Waals surface area contributed by atoms with Crippen molar-refractivity contribution in [1.29, 1.82) is 0 Å². The van der Waals surface area contributed by atoms with Gasteiger partial charge in [-0.15, -0.1) is 0 Å². The minimum atomic E-state index is 0.0657. The van der Waals surface area contributed by atoms with Gasteiger partial charge in [0.2, 0.25) is 0 Å². The highest BCUT2D eigenvalue weighted by atomic mass is 16.5. The van der Waals surface area contributed by atoms with E-state index in [1.54, 1.807) is 13.2 Å². The first-order valence-electron chi connectivity index (χ1n) is 7.23. The molecular formula is C18H19NO2. The molecule has 0 unspecified atom stereocenters. The first-order valence-corrected chi connectivity index (χ1v) is 7.23. The van der Waals surface area contributed by atoms with Gasteiger partial charge in [0.25, 0.3) is 5.91 Å². The third kappa shape index (κ3) is 2.51. The highest BCUT2D eigenvalue weighted by Gasteiger charge is 2.27. The zero-order valence-corrected chi connectivity index (χ0v) is 12.4. The Morgan fingerprint density at radius 1 is 1.19 bits per heavy atom. The topological polar surface area (TPSA) is 29.5 Å². The molecule has 3 rings (SSSR count). The van der Waals surface area contributed by atoms with Crippen molar-refractivity contribution < 1.29 is 9.53 Å². The van der Waals surface area contributed by atoms with Gasteiger partial charge in [0.05, 0.1) is 13.2 Å². The number of fused-ring (bicyclic) bond motifs is 1. The third-order valence-electron chi connectivity index (χ3n) is 4.17. The van der Waals surface area contributed by atoms with E-state index in [1.165, 1.54) is 11.1 Å². The molecule has 1 aliphatic heterocycles. The monoisotopic (exact) mass is 281 g/mol. The number of hydrogen-bond acceptors (Lipinski definition) is 2. The number of hydrogen-bond donors (Lipinski definition) is 0. The molecule has 0 aromatic heterocycles. The van der Waals surface area contributed by atoms with E-state index in [0.29, 0.717) is 11.3 Å². The quantitative estimate of drug-likeness (QED) is 0.843. The Hall–Kier alpha value is -2.29. The average Bonchev–Trinajstić information content (AvgIpc) is 2.55. The summed E-state index contributed by atoms with van der Waals surface area (Å²) in [6.07, 6.45) is 0.913. The van der Waals surface area contributed by atoms with Crippen molar-refractivity contribution in [2.75, 3.05) is 13.7 Å². The van der Waals surface area contributed by atoms with E-state index in [1.807, 2.05) is 29.2 Å². The SMILES string of the molecule is COc1cccc(C(=O)N2CCc3ccccc3[C@H]2C)c1. The van der Waals surface area contributed by atoms with Crippen molar-refractivity contribution in [3.05, 3.63) is 65.2 Å². The molecule has 1 aliphatic rings. The Morgan fingerprint density at radius 3 is 2.81 bits per heavy atom. The number of ether oxygens (including phenoxy) is 1. The molecular weight excluding hydrogens is 262 g/mol. The third-order valence-corrected chi connectivity index (χ3v) is 4.17. The zero-order chi connectivity index (χ0) is 14.8. The van der Waals surface area contributed by atoms with Crippen LogP contribution in [-0.2, 0) is 6.42 Å². The summed E-state index contributed by atoms with van der Waals surface area (Å²) in [6, 6.07) is 15.8. The van der Waals surface area contributed by atoms with E-state index in [4.69, 9.17) is 4.74 Å². The van der Waals surface area contributed by atoms with E-state index in [-0.39, 0.29) is 11.9 Å². The zero-order valence-electron chi connectivity index (χ0n) is 12.4. The summed E-state index contributed by atoms with van der Waals surface area (Å²) in [5, 5.41) is 0. The van der Waals surface area contributed by atoms with Gasteiger partial charge in [-0.05, 0) is 42.7 Å². The highest BCUT2D eigenvalue weighted by Crippen LogP contribution is 2.30. The van der Waals surface area contributed by atoms with E-state index >= 15 is 0 Å². The van der Waals surface area contributed by atoms with Crippen LogP contribution >= 0.6 is 0 Å². The molecule has 3 nitrogen and oxygen atoms in total. The second kappa shape index (κ2) is 5.60. The summed E-state index contributed by atoms with van der Waals surface area (Å²) in [7, 11) is 1.61. The van der Waals surface area contributed by atoms with Crippen LogP contribution in [0.5, 0.6) is 5.75 Å². The first kappa shape index (κ1) is 13.7. The predicted molar refractivity (Wildman–Crippen MR) is 82.6 cm³/mol. The fourth-order valence-corrected chi connectivity index (χ4v) is 2.97. The number of carbonyl (C=O) groups is 1. The second-order valence-corrected chi connectivity index (χ2v) is 5.36. The van der Waals surface area contributed by atoms with Crippen molar-refractivity contribution in [3.8, 4) is 5.75 Å². The molecule has 21 heavy (non-hydrogen) atoms. The number of methoxy groups -OCH3 is 1. The molecule has 0 saturated carbocycles. The number of carbonyl (C=O) groups excluding carboxylic acids is 1. The minimum Gasteiger partial charge on any atom is -0.497 e. The Morgan fingerprint density at radius 2 is 2.00 bits per heavy atom. The first-order chi connectivity index (χ1) is 10.2. The highest BCUT2D eigenvalue weighted by molar-refractivity contribution is 5.95. The van der Waals surface area contributed by atoms with E-state index < -0.39 is 0 Å². The number of amides is 1. The molecule has 0 aliphatic carbocycles. The Labute approximate surface area is 125 Å². The van der Waals surface area contributed by atoms with Crippen molar-refractivity contribution in [1.82, 2.24) is 4.90 Å². The summed E-state index contributed by atoms with van der Waals surface area (Å²) >= 11 is 0. The maximum absolute atomic E-state index is 12.8. The van der Waals surface area contributed by atoms with Crippen LogP contribution in [0.15, 0.2) is 48.5 Å². The van der Waals surface area contributed by atoms with Crippen molar-refractivity contribution in [2.24, 2.45) is 0 Å². The molecule has 108 valence electrons. The lowest BCUT2D eigenvalue weighted by molar-refractivity contribution is 0.0677. The van der Waals surface area contributed by atoms with Gasteiger partial charge in [-0.3, -0.25) is 4.79 Å². The Bertz CT molecular complexity index is 666. The van der Waals surface area contributed by atoms with Crippen molar-refractivity contribution in [3.63, 3.8) is 0 Å². The van der Waals surface area contributed by atoms with Gasteiger partial charge in [0.1, 0.15) is 5.75 Å². The molecule has 0 spiro atoms. The van der Waals surface area contributed by atoms with Gasteiger partial charge in [0, 0.05) is 12.1 Å². The van der Waals surface area contributed by atoms with Crippen LogP contribution in [0.4, 0.5) is 0 Å². The Balaban J connectivity index is 1.89. The van der Waals surface area contributed by atoms with Gasteiger partial charge < -0.3 is 9.64 Å². The lowest BCUT2D eigenvalue weighted by atomic mass is 9.93. The minimum absolute atomic E-state index is 0.0657. The van der Waals surface area contributed by atoms with Crippen LogP contribution in [0, 0.1) is 0 Å². The smallest absolute Gasteiger partial charge is 0.254 e. The lowest BCUT2D eigenvalue weighted by Crippen LogP contribution is -2.38. The lowest BCUT2D eigenvalue weighted by Gasteiger charge is -2.35. The molecule has 2 aromatic carbocycles. The van der Waals surface area contributed by atoms with Crippen LogP contribution in [0.3, 0.4) is 0 Å². The standard InChI is InChI=1S/C18H19NO2/c1-13-17-9-4-3-6-14(17)10-11-19(13)18(20)15-7-5-8-16(12-15)21-2/h3-9,12-13H,10-11H2,1-2H3/t13-/m1/s1. The van der Waals surface area contributed by atoms with Gasteiger partial charge >= 0.3 is 0 Å².